The largest absolute Gasteiger partial charge is 0.497 e. The van der Waals surface area contributed by atoms with Gasteiger partial charge < -0.3 is 20.5 Å². The first kappa shape index (κ1) is 18.9. The minimum Gasteiger partial charge on any atom is -0.497 e. The second-order valence-electron chi connectivity index (χ2n) is 7.05. The minimum atomic E-state index is -0.0504. The topological polar surface area (TPSA) is 76.8 Å². The van der Waals surface area contributed by atoms with Gasteiger partial charge in [-0.05, 0) is 30.0 Å². The van der Waals surface area contributed by atoms with Crippen molar-refractivity contribution in [1.29, 1.82) is 0 Å². The zero-order valence-corrected chi connectivity index (χ0v) is 15.4. The van der Waals surface area contributed by atoms with Crippen molar-refractivity contribution >= 4 is 5.91 Å². The van der Waals surface area contributed by atoms with Gasteiger partial charge >= 0.3 is 0 Å². The Morgan fingerprint density at radius 3 is 2.65 bits per heavy atom. The third-order valence-electron chi connectivity index (χ3n) is 5.05. The van der Waals surface area contributed by atoms with E-state index in [2.05, 4.69) is 16.3 Å². The first-order valence-electron chi connectivity index (χ1n) is 9.31. The van der Waals surface area contributed by atoms with Crippen molar-refractivity contribution in [2.75, 3.05) is 40.0 Å². The fourth-order valence-electron chi connectivity index (χ4n) is 3.56. The van der Waals surface area contributed by atoms with E-state index in [1.54, 1.807) is 7.11 Å². The summed E-state index contributed by atoms with van der Waals surface area (Å²) in [5.41, 5.74) is 6.98. The zero-order valence-electron chi connectivity index (χ0n) is 15.4. The van der Waals surface area contributed by atoms with Crippen molar-refractivity contribution in [2.45, 2.75) is 24.9 Å². The highest BCUT2D eigenvalue weighted by molar-refractivity contribution is 5.77. The molecule has 1 aliphatic heterocycles. The van der Waals surface area contributed by atoms with Crippen LogP contribution in [-0.4, -0.2) is 56.8 Å². The minimum absolute atomic E-state index is 0.0504. The number of methoxy groups -OCH3 is 1. The molecule has 1 saturated heterocycles. The molecule has 1 amide bonds. The van der Waals surface area contributed by atoms with Crippen LogP contribution in [0.2, 0.25) is 0 Å². The van der Waals surface area contributed by atoms with E-state index in [-0.39, 0.29) is 23.9 Å². The van der Waals surface area contributed by atoms with Crippen LogP contribution in [0, 0.1) is 5.92 Å². The summed E-state index contributed by atoms with van der Waals surface area (Å²) in [5, 5.41) is 3.22. The average molecular weight is 359 g/mol. The van der Waals surface area contributed by atoms with Gasteiger partial charge in [-0.2, -0.15) is 0 Å². The number of carbonyl (C=O) groups excluding carboxylic acids is 1. The predicted octanol–water partition coefficient (Wildman–Crippen LogP) is 1.48. The number of amides is 1. The number of nitrogens with zero attached hydrogens (tertiary/aromatic N) is 1. The van der Waals surface area contributed by atoms with Crippen LogP contribution < -0.4 is 15.8 Å². The number of carbonyl (C=O) groups is 1. The van der Waals surface area contributed by atoms with Gasteiger partial charge in [0, 0.05) is 32.1 Å². The van der Waals surface area contributed by atoms with Crippen molar-refractivity contribution < 1.29 is 14.3 Å². The third kappa shape index (κ3) is 5.30. The Kier molecular flexibility index (Phi) is 6.66. The van der Waals surface area contributed by atoms with Crippen LogP contribution in [-0.2, 0) is 9.53 Å². The summed E-state index contributed by atoms with van der Waals surface area (Å²) in [5.74, 6) is 1.13. The average Bonchev–Trinajstić information content (AvgIpc) is 3.06. The fraction of sp³-hybridized carbons (Fsp3) is 0.550. The van der Waals surface area contributed by atoms with Gasteiger partial charge in [0.25, 0.3) is 0 Å². The van der Waals surface area contributed by atoms with Crippen LogP contribution in [0.25, 0.3) is 0 Å². The fourth-order valence-corrected chi connectivity index (χ4v) is 3.56. The summed E-state index contributed by atoms with van der Waals surface area (Å²) in [6.07, 6.45) is 5.39. The number of hydrogen-bond acceptors (Lipinski definition) is 5. The zero-order chi connectivity index (χ0) is 18.4. The summed E-state index contributed by atoms with van der Waals surface area (Å²) in [6.45, 7) is 4.05. The van der Waals surface area contributed by atoms with E-state index >= 15 is 0 Å². The quantitative estimate of drug-likeness (QED) is 0.721. The number of nitrogens with one attached hydrogen (secondary N) is 1. The molecule has 0 bridgehead atoms. The lowest BCUT2D eigenvalue weighted by atomic mass is 10.0. The molecule has 6 nitrogen and oxygen atoms in total. The number of ether oxygens (including phenoxy) is 2. The Balaban J connectivity index is 1.64. The summed E-state index contributed by atoms with van der Waals surface area (Å²) < 4.78 is 10.7. The molecule has 6 heteroatoms. The summed E-state index contributed by atoms with van der Waals surface area (Å²) in [7, 11) is 1.65. The molecule has 3 N–H and O–H groups in total. The first-order chi connectivity index (χ1) is 12.6. The van der Waals surface area contributed by atoms with Gasteiger partial charge in [0.15, 0.2) is 0 Å². The highest BCUT2D eigenvalue weighted by atomic mass is 16.5. The van der Waals surface area contributed by atoms with Crippen molar-refractivity contribution in [3.8, 4) is 5.75 Å². The standard InChI is InChI=1S/C20H29N3O3/c1-25-18-6-3-16(4-7-18)19(14-23-8-10-26-11-9-23)22-20(24)13-15-2-5-17(21)12-15/h2-7,15,17,19H,8-14,21H2,1H3,(H,22,24)/t15-,17+,19?/m1/s1. The molecule has 1 aromatic rings. The molecule has 2 aliphatic rings. The molecular formula is C20H29N3O3. The Hall–Kier alpha value is -1.89. The van der Waals surface area contributed by atoms with E-state index < -0.39 is 0 Å². The predicted molar refractivity (Wildman–Crippen MR) is 101 cm³/mol. The van der Waals surface area contributed by atoms with Gasteiger partial charge in [-0.15, -0.1) is 0 Å². The van der Waals surface area contributed by atoms with Crippen LogP contribution in [0.15, 0.2) is 36.4 Å². The Morgan fingerprint density at radius 2 is 2.04 bits per heavy atom. The molecule has 3 atom stereocenters. The van der Waals surface area contributed by atoms with Crippen LogP contribution >= 0.6 is 0 Å². The Bertz CT molecular complexity index is 611. The van der Waals surface area contributed by atoms with Gasteiger partial charge in [-0.25, -0.2) is 0 Å². The summed E-state index contributed by atoms with van der Waals surface area (Å²) in [6, 6.07) is 7.95. The molecule has 142 valence electrons. The second kappa shape index (κ2) is 9.16. The van der Waals surface area contributed by atoms with Crippen molar-refractivity contribution in [1.82, 2.24) is 10.2 Å². The number of benzene rings is 1. The van der Waals surface area contributed by atoms with Gasteiger partial charge in [0.05, 0.1) is 26.4 Å². The maximum Gasteiger partial charge on any atom is 0.221 e. The molecule has 1 fully saturated rings. The van der Waals surface area contributed by atoms with Gasteiger partial charge in [0.2, 0.25) is 5.91 Å². The number of nitrogens with two attached hydrogens (primary N) is 1. The molecule has 1 aliphatic carbocycles. The second-order valence-corrected chi connectivity index (χ2v) is 7.05. The number of morpholine rings is 1. The molecule has 0 saturated carbocycles. The Labute approximate surface area is 155 Å². The highest BCUT2D eigenvalue weighted by Gasteiger charge is 2.23. The van der Waals surface area contributed by atoms with E-state index in [1.165, 1.54) is 0 Å². The van der Waals surface area contributed by atoms with E-state index in [4.69, 9.17) is 15.2 Å². The molecule has 1 unspecified atom stereocenters. The first-order valence-corrected chi connectivity index (χ1v) is 9.31. The maximum atomic E-state index is 12.6. The van der Waals surface area contributed by atoms with E-state index in [9.17, 15) is 4.79 Å². The normalized spacial score (nSPS) is 24.4. The lowest BCUT2D eigenvalue weighted by molar-refractivity contribution is -0.122. The molecule has 1 heterocycles. The van der Waals surface area contributed by atoms with E-state index in [0.29, 0.717) is 6.42 Å². The summed E-state index contributed by atoms with van der Waals surface area (Å²) >= 11 is 0. The SMILES string of the molecule is COc1ccc(C(CN2CCOCC2)NC(=O)C[C@@H]2C=C[C@H](N)C2)cc1. The highest BCUT2D eigenvalue weighted by Crippen LogP contribution is 2.22. The molecule has 0 radical (unpaired) electrons. The van der Waals surface area contributed by atoms with Crippen LogP contribution in [0.4, 0.5) is 0 Å². The Morgan fingerprint density at radius 1 is 1.31 bits per heavy atom. The monoisotopic (exact) mass is 359 g/mol. The smallest absolute Gasteiger partial charge is 0.221 e. The summed E-state index contributed by atoms with van der Waals surface area (Å²) in [4.78, 5) is 14.9. The van der Waals surface area contributed by atoms with Crippen LogP contribution in [0.1, 0.15) is 24.4 Å². The van der Waals surface area contributed by atoms with Crippen molar-refractivity contribution in [2.24, 2.45) is 11.7 Å². The van der Waals surface area contributed by atoms with Crippen molar-refractivity contribution in [3.63, 3.8) is 0 Å². The molecular weight excluding hydrogens is 330 g/mol. The molecule has 0 spiro atoms. The van der Waals surface area contributed by atoms with Crippen LogP contribution in [0.3, 0.4) is 0 Å². The maximum absolute atomic E-state index is 12.6. The number of hydrogen-bond donors (Lipinski definition) is 2. The third-order valence-corrected chi connectivity index (χ3v) is 5.05. The van der Waals surface area contributed by atoms with E-state index in [0.717, 1.165) is 50.6 Å². The van der Waals surface area contributed by atoms with Gasteiger partial charge in [-0.1, -0.05) is 24.3 Å². The lowest BCUT2D eigenvalue weighted by Crippen LogP contribution is -2.43. The van der Waals surface area contributed by atoms with Gasteiger partial charge in [0.1, 0.15) is 5.75 Å². The molecule has 26 heavy (non-hydrogen) atoms. The van der Waals surface area contributed by atoms with Gasteiger partial charge in [-0.3, -0.25) is 9.69 Å². The molecule has 3 rings (SSSR count). The molecule has 1 aromatic carbocycles. The number of rotatable bonds is 7. The number of allylic oxidation sites excluding steroid dienone is 1. The lowest BCUT2D eigenvalue weighted by Gasteiger charge is -2.31. The van der Waals surface area contributed by atoms with E-state index in [1.807, 2.05) is 30.3 Å². The molecule has 0 aromatic heterocycles. The van der Waals surface area contributed by atoms with Crippen LogP contribution in [0.5, 0.6) is 5.75 Å². The van der Waals surface area contributed by atoms with Crippen molar-refractivity contribution in [3.05, 3.63) is 42.0 Å².